The third-order valence-electron chi connectivity index (χ3n) is 9.09. The van der Waals surface area contributed by atoms with Crippen molar-refractivity contribution in [2.45, 2.75) is 0 Å². The summed E-state index contributed by atoms with van der Waals surface area (Å²) in [7, 11) is 0. The van der Waals surface area contributed by atoms with E-state index >= 15 is 0 Å². The van der Waals surface area contributed by atoms with Gasteiger partial charge in [0.25, 0.3) is 0 Å². The largest absolute Gasteiger partial charge is 0.292 e. The van der Waals surface area contributed by atoms with Crippen LogP contribution in [0.2, 0.25) is 0 Å². The minimum atomic E-state index is 0.848. The van der Waals surface area contributed by atoms with Crippen LogP contribution in [-0.4, -0.2) is 14.5 Å². The van der Waals surface area contributed by atoms with Crippen LogP contribution in [0.25, 0.3) is 93.4 Å². The van der Waals surface area contributed by atoms with Crippen molar-refractivity contribution in [2.24, 2.45) is 0 Å². The first-order chi connectivity index (χ1) is 21.3. The Morgan fingerprint density at radius 3 is 1.77 bits per heavy atom. The molecular weight excluding hydrogens is 522 g/mol. The number of aromatic nitrogens is 3. The second-order valence-electron chi connectivity index (χ2n) is 11.4. The zero-order chi connectivity index (χ0) is 28.1. The first-order valence-electron chi connectivity index (χ1n) is 14.7. The van der Waals surface area contributed by atoms with E-state index in [-0.39, 0.29) is 0 Å². The van der Waals surface area contributed by atoms with E-state index in [0.29, 0.717) is 0 Å². The SMILES string of the molecule is c1ccc(-c2nc3ccccc3nc2-n2c3ccc(-c4ccccc4)c4c5cccc6ccc7ccc2c(c7c65)c43)cc1. The Labute approximate surface area is 247 Å². The Hall–Kier alpha value is -5.80. The smallest absolute Gasteiger partial charge is 0.165 e. The number of fused-ring (bicyclic) bond motifs is 2. The van der Waals surface area contributed by atoms with Crippen molar-refractivity contribution in [3.05, 3.63) is 140 Å². The highest BCUT2D eigenvalue weighted by molar-refractivity contribution is 6.41. The monoisotopic (exact) mass is 545 g/mol. The molecule has 0 aliphatic carbocycles. The van der Waals surface area contributed by atoms with Gasteiger partial charge < -0.3 is 0 Å². The average molecular weight is 546 g/mol. The molecule has 3 heteroatoms. The third kappa shape index (κ3) is 3.03. The van der Waals surface area contributed by atoms with Gasteiger partial charge >= 0.3 is 0 Å². The van der Waals surface area contributed by atoms with Crippen LogP contribution in [0.5, 0.6) is 0 Å². The molecule has 43 heavy (non-hydrogen) atoms. The summed E-state index contributed by atoms with van der Waals surface area (Å²) < 4.78 is 2.36. The molecule has 8 aromatic carbocycles. The first-order valence-corrected chi connectivity index (χ1v) is 14.7. The maximum absolute atomic E-state index is 5.34. The van der Waals surface area contributed by atoms with Crippen LogP contribution in [0.4, 0.5) is 0 Å². The van der Waals surface area contributed by atoms with E-state index in [1.165, 1.54) is 54.2 Å². The molecule has 0 amide bonds. The number of hydrogen-bond acceptors (Lipinski definition) is 2. The molecule has 0 spiro atoms. The van der Waals surface area contributed by atoms with Gasteiger partial charge in [0.1, 0.15) is 5.69 Å². The highest BCUT2D eigenvalue weighted by Crippen LogP contribution is 2.50. The van der Waals surface area contributed by atoms with Gasteiger partial charge in [0.2, 0.25) is 0 Å². The molecule has 0 atom stereocenters. The number of hydrogen-bond donors (Lipinski definition) is 0. The minimum absolute atomic E-state index is 0.848. The minimum Gasteiger partial charge on any atom is -0.292 e. The lowest BCUT2D eigenvalue weighted by atomic mass is 9.86. The van der Waals surface area contributed by atoms with E-state index in [4.69, 9.17) is 9.97 Å². The van der Waals surface area contributed by atoms with Crippen LogP contribution < -0.4 is 0 Å². The van der Waals surface area contributed by atoms with Crippen molar-refractivity contribution >= 4 is 65.2 Å². The van der Waals surface area contributed by atoms with Crippen LogP contribution in [-0.2, 0) is 0 Å². The fourth-order valence-corrected chi connectivity index (χ4v) is 7.29. The zero-order valence-corrected chi connectivity index (χ0v) is 23.1. The average Bonchev–Trinajstić information content (AvgIpc) is 3.42. The molecule has 0 aliphatic heterocycles. The molecule has 0 saturated heterocycles. The summed E-state index contributed by atoms with van der Waals surface area (Å²) in [4.78, 5) is 10.6. The molecule has 0 aliphatic rings. The Morgan fingerprint density at radius 2 is 1.00 bits per heavy atom. The number of benzene rings is 8. The summed E-state index contributed by atoms with van der Waals surface area (Å²) in [6.07, 6.45) is 0. The lowest BCUT2D eigenvalue weighted by molar-refractivity contribution is 1.08. The van der Waals surface area contributed by atoms with Crippen molar-refractivity contribution in [1.29, 1.82) is 0 Å². The lowest BCUT2D eigenvalue weighted by Crippen LogP contribution is -2.03. The second-order valence-corrected chi connectivity index (χ2v) is 11.4. The first kappa shape index (κ1) is 22.8. The molecule has 0 saturated carbocycles. The van der Waals surface area contributed by atoms with Gasteiger partial charge in [0, 0.05) is 27.1 Å². The van der Waals surface area contributed by atoms with Crippen molar-refractivity contribution < 1.29 is 0 Å². The number of para-hydroxylation sites is 2. The Morgan fingerprint density at radius 1 is 0.395 bits per heavy atom. The van der Waals surface area contributed by atoms with Crippen molar-refractivity contribution in [3.63, 3.8) is 0 Å². The predicted octanol–water partition coefficient (Wildman–Crippen LogP) is 10.4. The summed E-state index contributed by atoms with van der Waals surface area (Å²) >= 11 is 0. The maximum atomic E-state index is 5.34. The molecule has 3 nitrogen and oxygen atoms in total. The Bertz CT molecular complexity index is 2650. The van der Waals surface area contributed by atoms with Crippen molar-refractivity contribution in [1.82, 2.24) is 14.5 Å². The molecular formula is C40H23N3. The van der Waals surface area contributed by atoms with Crippen LogP contribution in [0.3, 0.4) is 0 Å². The van der Waals surface area contributed by atoms with Crippen LogP contribution in [0.1, 0.15) is 0 Å². The highest BCUT2D eigenvalue weighted by Gasteiger charge is 2.26. The molecule has 10 rings (SSSR count). The van der Waals surface area contributed by atoms with Gasteiger partial charge in [-0.25, -0.2) is 9.97 Å². The van der Waals surface area contributed by atoms with E-state index in [0.717, 1.165) is 39.1 Å². The molecule has 0 N–H and O–H groups in total. The van der Waals surface area contributed by atoms with E-state index in [2.05, 4.69) is 120 Å². The molecule has 198 valence electrons. The fourth-order valence-electron chi connectivity index (χ4n) is 7.29. The van der Waals surface area contributed by atoms with Gasteiger partial charge in [-0.2, -0.15) is 0 Å². The predicted molar refractivity (Wildman–Crippen MR) is 180 cm³/mol. The summed E-state index contributed by atoms with van der Waals surface area (Å²) in [6.45, 7) is 0. The van der Waals surface area contributed by atoms with E-state index < -0.39 is 0 Å². The molecule has 2 aromatic heterocycles. The number of nitrogens with zero attached hydrogens (tertiary/aromatic N) is 3. The van der Waals surface area contributed by atoms with Crippen molar-refractivity contribution in [3.8, 4) is 28.2 Å². The Kier molecular flexibility index (Phi) is 4.45. The highest BCUT2D eigenvalue weighted by atomic mass is 15.1. The van der Waals surface area contributed by atoms with Gasteiger partial charge in [-0.3, -0.25) is 4.57 Å². The molecule has 2 heterocycles. The Balaban J connectivity index is 1.46. The van der Waals surface area contributed by atoms with Gasteiger partial charge in [0.05, 0.1) is 22.1 Å². The van der Waals surface area contributed by atoms with Gasteiger partial charge in [-0.05, 0) is 56.9 Å². The summed E-state index contributed by atoms with van der Waals surface area (Å²) in [5.41, 5.74) is 8.47. The standard InChI is InChI=1S/C40H23N3/c1-3-10-24(11-4-1)28-21-23-33-38-36(28)29-15-9-14-25-18-19-26-20-22-32(37(38)35(26)34(25)29)43(33)40-39(27-12-5-2-6-13-27)41-30-16-7-8-17-31(30)42-40/h1-23H. The van der Waals surface area contributed by atoms with E-state index in [1.54, 1.807) is 0 Å². The normalized spacial score (nSPS) is 12.2. The summed E-state index contributed by atoms with van der Waals surface area (Å²) in [5, 5.41) is 10.3. The second kappa shape index (κ2) is 8.37. The topological polar surface area (TPSA) is 30.7 Å². The molecule has 0 radical (unpaired) electrons. The zero-order valence-electron chi connectivity index (χ0n) is 23.1. The lowest BCUT2D eigenvalue weighted by Gasteiger charge is -2.16. The molecule has 0 unspecified atom stereocenters. The third-order valence-corrected chi connectivity index (χ3v) is 9.09. The van der Waals surface area contributed by atoms with Gasteiger partial charge in [0.15, 0.2) is 5.82 Å². The summed E-state index contributed by atoms with van der Waals surface area (Å²) in [5.74, 6) is 0.848. The molecule has 0 bridgehead atoms. The van der Waals surface area contributed by atoms with Crippen LogP contribution in [0.15, 0.2) is 140 Å². The van der Waals surface area contributed by atoms with Crippen LogP contribution in [0, 0.1) is 0 Å². The van der Waals surface area contributed by atoms with Crippen LogP contribution >= 0.6 is 0 Å². The molecule has 10 aromatic rings. The quantitative estimate of drug-likeness (QED) is 0.163. The fraction of sp³-hybridized carbons (Fsp3) is 0. The molecule has 0 fully saturated rings. The van der Waals surface area contributed by atoms with Gasteiger partial charge in [-0.15, -0.1) is 0 Å². The van der Waals surface area contributed by atoms with Crippen molar-refractivity contribution in [2.75, 3.05) is 0 Å². The summed E-state index contributed by atoms with van der Waals surface area (Å²) in [6, 6.07) is 49.8. The maximum Gasteiger partial charge on any atom is 0.165 e. The van der Waals surface area contributed by atoms with E-state index in [9.17, 15) is 0 Å². The van der Waals surface area contributed by atoms with E-state index in [1.807, 2.05) is 24.3 Å². The number of rotatable bonds is 3. The van der Waals surface area contributed by atoms with Gasteiger partial charge in [-0.1, -0.05) is 115 Å².